The number of hydrogen-bond acceptors (Lipinski definition) is 8. The minimum Gasteiger partial charge on any atom is -0.379 e. The minimum absolute atomic E-state index is 0.0806. The predicted molar refractivity (Wildman–Crippen MR) is 75.0 cm³/mol. The summed E-state index contributed by atoms with van der Waals surface area (Å²) < 4.78 is 39.9. The molecule has 0 atom stereocenters. The van der Waals surface area contributed by atoms with Crippen molar-refractivity contribution in [3.05, 3.63) is 23.0 Å². The Balaban J connectivity index is 0.000000181. The molecule has 1 saturated heterocycles. The molecule has 0 aliphatic carbocycles. The molecule has 11 nitrogen and oxygen atoms in total. The summed E-state index contributed by atoms with van der Waals surface area (Å²) in [5.41, 5.74) is 9.30. The van der Waals surface area contributed by atoms with E-state index in [1.165, 1.54) is 12.5 Å². The van der Waals surface area contributed by atoms with Gasteiger partial charge in [0.1, 0.15) is 5.52 Å². The molecule has 0 bridgehead atoms. The van der Waals surface area contributed by atoms with Crippen LogP contribution < -0.4 is 0 Å². The first-order valence-electron chi connectivity index (χ1n) is 6.73. The van der Waals surface area contributed by atoms with Crippen molar-refractivity contribution < 1.29 is 27.5 Å². The molecule has 1 N–H and O–H groups in total. The number of rotatable bonds is 2. The number of aromatic amines is 1. The molecule has 0 radical (unpaired) electrons. The summed E-state index contributed by atoms with van der Waals surface area (Å²) in [5.74, 6) is -2.11. The van der Waals surface area contributed by atoms with Crippen LogP contribution in [0.15, 0.2) is 17.6 Å². The van der Waals surface area contributed by atoms with Crippen molar-refractivity contribution in [3.8, 4) is 0 Å². The number of aromatic nitrogens is 4. The van der Waals surface area contributed by atoms with Gasteiger partial charge in [0.15, 0.2) is 5.65 Å². The zero-order chi connectivity index (χ0) is 18.3. The summed E-state index contributed by atoms with van der Waals surface area (Å²) >= 11 is 0. The van der Waals surface area contributed by atoms with E-state index in [1.54, 1.807) is 0 Å². The van der Waals surface area contributed by atoms with Crippen LogP contribution in [0.2, 0.25) is 0 Å². The van der Waals surface area contributed by atoms with Crippen LogP contribution in [0.1, 0.15) is 0 Å². The highest BCUT2D eigenvalue weighted by atomic mass is 19.4. The Hall–Kier alpha value is -2.96. The number of hydroxylamine groups is 2. The average molecular weight is 360 g/mol. The topological polar surface area (TPSA) is 142 Å². The third-order valence-corrected chi connectivity index (χ3v) is 2.71. The first-order chi connectivity index (χ1) is 11.9. The van der Waals surface area contributed by atoms with Gasteiger partial charge >= 0.3 is 12.1 Å². The summed E-state index contributed by atoms with van der Waals surface area (Å²) in [6, 6.07) is 0. The van der Waals surface area contributed by atoms with Crippen LogP contribution in [0.4, 0.5) is 19.1 Å². The van der Waals surface area contributed by atoms with Gasteiger partial charge in [-0.05, 0) is 10.6 Å². The largest absolute Gasteiger partial charge is 0.492 e. The maximum atomic E-state index is 11.7. The molecule has 2 aromatic heterocycles. The smallest absolute Gasteiger partial charge is 0.379 e. The normalized spacial score (nSPS) is 15.0. The monoisotopic (exact) mass is 360 g/mol. The van der Waals surface area contributed by atoms with Gasteiger partial charge in [-0.25, -0.2) is 19.7 Å². The van der Waals surface area contributed by atoms with Crippen molar-refractivity contribution in [3.63, 3.8) is 0 Å². The molecule has 1 aliphatic heterocycles. The lowest BCUT2D eigenvalue weighted by Gasteiger charge is -2.25. The SMILES string of the molecule is O=C(ON1CCOCC1)C(F)(F)F.[N-]=[N+]=Nc1ncc2[nH]cnc2n1. The third-order valence-electron chi connectivity index (χ3n) is 2.71. The minimum atomic E-state index is -4.93. The number of azide groups is 1. The van der Waals surface area contributed by atoms with Gasteiger partial charge < -0.3 is 14.6 Å². The summed E-state index contributed by atoms with van der Waals surface area (Å²) in [6.07, 6.45) is -1.92. The Morgan fingerprint density at radius 1 is 1.40 bits per heavy atom. The van der Waals surface area contributed by atoms with Crippen LogP contribution in [0.25, 0.3) is 21.6 Å². The van der Waals surface area contributed by atoms with Gasteiger partial charge in [-0.15, -0.1) is 5.06 Å². The number of morpholine rings is 1. The predicted octanol–water partition coefficient (Wildman–Crippen LogP) is 1.63. The van der Waals surface area contributed by atoms with Crippen molar-refractivity contribution in [1.82, 2.24) is 25.0 Å². The first-order valence-corrected chi connectivity index (χ1v) is 6.73. The number of ether oxygens (including phenoxy) is 1. The second-order valence-electron chi connectivity index (χ2n) is 4.42. The van der Waals surface area contributed by atoms with Crippen LogP contribution in [0.3, 0.4) is 0 Å². The Labute approximate surface area is 137 Å². The van der Waals surface area contributed by atoms with Crippen molar-refractivity contribution >= 4 is 23.1 Å². The van der Waals surface area contributed by atoms with Crippen molar-refractivity contribution in [2.45, 2.75) is 6.18 Å². The van der Waals surface area contributed by atoms with E-state index in [2.05, 4.69) is 34.8 Å². The standard InChI is InChI=1S/C6H8F3NO3.C5H3N7/c7-6(8,9)5(11)13-10-1-3-12-4-2-10;6-12-11-5-7-1-3-4(10-5)9-2-8-3/h1-4H2;1-2H,(H,7,8,9,10). The molecule has 14 heteroatoms. The Kier molecular flexibility index (Phi) is 6.05. The first kappa shape index (κ1) is 18.4. The molecule has 3 rings (SSSR count). The molecule has 0 aromatic carbocycles. The van der Waals surface area contributed by atoms with Crippen LogP contribution in [0, 0.1) is 0 Å². The molecule has 2 aromatic rings. The van der Waals surface area contributed by atoms with E-state index in [0.717, 1.165) is 5.06 Å². The molecule has 134 valence electrons. The fourth-order valence-electron chi connectivity index (χ4n) is 1.62. The Bertz CT molecular complexity index is 767. The number of halogens is 3. The highest BCUT2D eigenvalue weighted by molar-refractivity contribution is 5.75. The number of imidazole rings is 1. The molecular weight excluding hydrogens is 349 g/mol. The molecule has 1 fully saturated rings. The molecule has 0 unspecified atom stereocenters. The highest BCUT2D eigenvalue weighted by Gasteiger charge is 2.42. The number of carbonyl (C=O) groups is 1. The molecule has 0 spiro atoms. The number of alkyl halides is 3. The maximum Gasteiger partial charge on any atom is 0.492 e. The number of carbonyl (C=O) groups excluding carboxylic acids is 1. The number of nitrogens with zero attached hydrogens (tertiary/aromatic N) is 7. The van der Waals surface area contributed by atoms with E-state index in [1.807, 2.05) is 0 Å². The van der Waals surface area contributed by atoms with Gasteiger partial charge in [-0.2, -0.15) is 13.2 Å². The zero-order valence-corrected chi connectivity index (χ0v) is 12.5. The fraction of sp³-hybridized carbons (Fsp3) is 0.455. The van der Waals surface area contributed by atoms with Gasteiger partial charge in [-0.1, -0.05) is 0 Å². The van der Waals surface area contributed by atoms with Crippen LogP contribution in [-0.2, 0) is 14.4 Å². The molecular formula is C11H11F3N8O3. The van der Waals surface area contributed by atoms with E-state index >= 15 is 0 Å². The lowest BCUT2D eigenvalue weighted by atomic mass is 10.5. The Morgan fingerprint density at radius 2 is 2.12 bits per heavy atom. The molecule has 25 heavy (non-hydrogen) atoms. The molecule has 1 aliphatic rings. The summed E-state index contributed by atoms with van der Waals surface area (Å²) in [4.78, 5) is 31.2. The Morgan fingerprint density at radius 3 is 2.76 bits per heavy atom. The lowest BCUT2D eigenvalue weighted by molar-refractivity contribution is -0.247. The number of hydrogen-bond donors (Lipinski definition) is 1. The number of H-pyrrole nitrogens is 1. The van der Waals surface area contributed by atoms with E-state index in [0.29, 0.717) is 11.2 Å². The van der Waals surface area contributed by atoms with Gasteiger partial charge in [0.2, 0.25) is 5.95 Å². The summed E-state index contributed by atoms with van der Waals surface area (Å²) in [6.45, 7) is 0.875. The van der Waals surface area contributed by atoms with Crippen molar-refractivity contribution in [2.24, 2.45) is 5.11 Å². The quantitative estimate of drug-likeness (QED) is 0.487. The summed E-state index contributed by atoms with van der Waals surface area (Å²) in [5, 5.41) is 4.18. The van der Waals surface area contributed by atoms with Crippen LogP contribution in [-0.4, -0.2) is 63.4 Å². The second kappa shape index (κ2) is 8.23. The fourth-order valence-corrected chi connectivity index (χ4v) is 1.62. The van der Waals surface area contributed by atoms with E-state index in [4.69, 9.17) is 10.3 Å². The van der Waals surface area contributed by atoms with E-state index < -0.39 is 12.1 Å². The van der Waals surface area contributed by atoms with Crippen LogP contribution >= 0.6 is 0 Å². The summed E-state index contributed by atoms with van der Waals surface area (Å²) in [7, 11) is 0. The van der Waals surface area contributed by atoms with Gasteiger partial charge in [-0.3, -0.25) is 0 Å². The maximum absolute atomic E-state index is 11.7. The van der Waals surface area contributed by atoms with Crippen molar-refractivity contribution in [1.29, 1.82) is 0 Å². The lowest BCUT2D eigenvalue weighted by Crippen LogP contribution is -2.41. The third kappa shape index (κ3) is 5.56. The number of fused-ring (bicyclic) bond motifs is 1. The van der Waals surface area contributed by atoms with Gasteiger partial charge in [0.05, 0.1) is 38.8 Å². The second-order valence-corrected chi connectivity index (χ2v) is 4.42. The van der Waals surface area contributed by atoms with Gasteiger partial charge in [0, 0.05) is 4.91 Å². The van der Waals surface area contributed by atoms with Gasteiger partial charge in [0.25, 0.3) is 0 Å². The highest BCUT2D eigenvalue weighted by Crippen LogP contribution is 2.17. The zero-order valence-electron chi connectivity index (χ0n) is 12.5. The molecule has 0 amide bonds. The average Bonchev–Trinajstić information content (AvgIpc) is 3.03. The van der Waals surface area contributed by atoms with E-state index in [9.17, 15) is 18.0 Å². The van der Waals surface area contributed by atoms with E-state index in [-0.39, 0.29) is 32.3 Å². The molecule has 0 saturated carbocycles. The van der Waals surface area contributed by atoms with Crippen LogP contribution in [0.5, 0.6) is 0 Å². The number of nitrogens with one attached hydrogen (secondary N) is 1. The molecule has 3 heterocycles. The van der Waals surface area contributed by atoms with Crippen molar-refractivity contribution in [2.75, 3.05) is 26.3 Å².